The third kappa shape index (κ3) is 4.30. The molecule has 1 unspecified atom stereocenters. The van der Waals surface area contributed by atoms with Gasteiger partial charge in [-0.15, -0.1) is 0 Å². The quantitative estimate of drug-likeness (QED) is 0.773. The highest BCUT2D eigenvalue weighted by Crippen LogP contribution is 2.22. The third-order valence-electron chi connectivity index (χ3n) is 4.87. The highest BCUT2D eigenvalue weighted by atomic mass is 15.4. The van der Waals surface area contributed by atoms with Gasteiger partial charge in [-0.1, -0.05) is 20.8 Å². The van der Waals surface area contributed by atoms with Crippen molar-refractivity contribution in [2.75, 3.05) is 13.6 Å². The van der Waals surface area contributed by atoms with E-state index < -0.39 is 0 Å². The Morgan fingerprint density at radius 2 is 1.65 bits per heavy atom. The van der Waals surface area contributed by atoms with Gasteiger partial charge in [0, 0.05) is 38.3 Å². The second-order valence-electron chi connectivity index (χ2n) is 6.16. The van der Waals surface area contributed by atoms with E-state index in [-0.39, 0.29) is 0 Å². The molecule has 0 bridgehead atoms. The Balaban J connectivity index is 0.000000231. The van der Waals surface area contributed by atoms with Crippen molar-refractivity contribution in [2.45, 2.75) is 73.5 Å². The molecule has 1 aromatic rings. The molecule has 4 nitrogen and oxygen atoms in total. The molecule has 23 heavy (non-hydrogen) atoms. The topological polar surface area (TPSA) is 15.3 Å². The highest BCUT2D eigenvalue weighted by Gasteiger charge is 2.22. The summed E-state index contributed by atoms with van der Waals surface area (Å²) in [5.74, 6) is 1.43. The summed E-state index contributed by atoms with van der Waals surface area (Å²) >= 11 is 0. The molecule has 0 aliphatic carbocycles. The summed E-state index contributed by atoms with van der Waals surface area (Å²) in [6.45, 7) is 15.5. The maximum atomic E-state index is 2.43. The number of hydrogen-bond acceptors (Lipinski definition) is 2. The van der Waals surface area contributed by atoms with Crippen LogP contribution in [0.4, 0.5) is 0 Å². The fraction of sp³-hybridized carbons (Fsp3) is 0.737. The zero-order chi connectivity index (χ0) is 17.6. The van der Waals surface area contributed by atoms with Gasteiger partial charge in [0.05, 0.1) is 19.8 Å². The first-order valence-electron chi connectivity index (χ1n) is 9.21. The van der Waals surface area contributed by atoms with Gasteiger partial charge in [-0.05, 0) is 27.2 Å². The number of nitrogens with zero attached hydrogens (tertiary/aromatic N) is 4. The minimum Gasteiger partial charge on any atom is -0.359 e. The largest absolute Gasteiger partial charge is 0.359 e. The Labute approximate surface area is 143 Å². The van der Waals surface area contributed by atoms with Crippen LogP contribution in [-0.4, -0.2) is 34.1 Å². The second kappa shape index (κ2) is 8.99. The van der Waals surface area contributed by atoms with Gasteiger partial charge in [0.25, 0.3) is 5.82 Å². The number of aromatic nitrogens is 2. The zero-order valence-electron chi connectivity index (χ0n) is 16.6. The average Bonchev–Trinajstić information content (AvgIpc) is 3.03. The summed E-state index contributed by atoms with van der Waals surface area (Å²) in [6.07, 6.45) is 8.42. The molecule has 0 N–H and O–H groups in total. The van der Waals surface area contributed by atoms with Crippen molar-refractivity contribution >= 4 is 0 Å². The van der Waals surface area contributed by atoms with Gasteiger partial charge < -0.3 is 9.80 Å². The van der Waals surface area contributed by atoms with Gasteiger partial charge in [0.15, 0.2) is 0 Å². The summed E-state index contributed by atoms with van der Waals surface area (Å²) in [4.78, 5) is 4.70. The molecule has 132 valence electrons. The van der Waals surface area contributed by atoms with E-state index >= 15 is 0 Å². The van der Waals surface area contributed by atoms with Crippen molar-refractivity contribution in [3.05, 3.63) is 29.6 Å². The van der Waals surface area contributed by atoms with Crippen LogP contribution >= 0.6 is 0 Å². The maximum absolute atomic E-state index is 2.43. The van der Waals surface area contributed by atoms with Crippen LogP contribution in [0.2, 0.25) is 0 Å². The molecule has 4 heteroatoms. The molecule has 0 radical (unpaired) electrons. The SMILES string of the molecule is CCC1=CN(C)C(C)N1CC.CCc1c[n+](C)c(CC)n1CC. The van der Waals surface area contributed by atoms with E-state index in [9.17, 15) is 0 Å². The van der Waals surface area contributed by atoms with Crippen LogP contribution in [0.1, 0.15) is 59.5 Å². The lowest BCUT2D eigenvalue weighted by molar-refractivity contribution is -0.678. The zero-order valence-corrected chi connectivity index (χ0v) is 16.6. The first kappa shape index (κ1) is 19.6. The molecule has 0 spiro atoms. The van der Waals surface area contributed by atoms with Crippen molar-refractivity contribution in [1.29, 1.82) is 0 Å². The predicted octanol–water partition coefficient (Wildman–Crippen LogP) is 3.31. The van der Waals surface area contributed by atoms with Crippen LogP contribution in [0.15, 0.2) is 18.1 Å². The molecule has 0 fully saturated rings. The van der Waals surface area contributed by atoms with Crippen LogP contribution in [-0.2, 0) is 26.4 Å². The Morgan fingerprint density at radius 3 is 2.04 bits per heavy atom. The number of hydrogen-bond donors (Lipinski definition) is 0. The fourth-order valence-electron chi connectivity index (χ4n) is 3.47. The fourth-order valence-corrected chi connectivity index (χ4v) is 3.47. The Hall–Kier alpha value is -1.45. The molecule has 0 saturated heterocycles. The Kier molecular flexibility index (Phi) is 7.66. The molecule has 1 aliphatic heterocycles. The number of imidazole rings is 1. The summed E-state index contributed by atoms with van der Waals surface area (Å²) in [5, 5.41) is 0. The Bertz CT molecular complexity index is 516. The summed E-state index contributed by atoms with van der Waals surface area (Å²) in [5.41, 5.74) is 2.90. The van der Waals surface area contributed by atoms with Crippen LogP contribution in [0.3, 0.4) is 0 Å². The lowest BCUT2D eigenvalue weighted by atomic mass is 10.3. The van der Waals surface area contributed by atoms with E-state index in [4.69, 9.17) is 0 Å². The van der Waals surface area contributed by atoms with Gasteiger partial charge in [-0.3, -0.25) is 0 Å². The molecule has 1 aromatic heterocycles. The predicted molar refractivity (Wildman–Crippen MR) is 98.0 cm³/mol. The molecular formula is C19H37N4+. The molecule has 0 aromatic carbocycles. The van der Waals surface area contributed by atoms with Crippen LogP contribution in [0.5, 0.6) is 0 Å². The van der Waals surface area contributed by atoms with E-state index in [1.807, 2.05) is 0 Å². The van der Waals surface area contributed by atoms with E-state index in [0.29, 0.717) is 6.17 Å². The maximum Gasteiger partial charge on any atom is 0.256 e. The van der Waals surface area contributed by atoms with Crippen molar-refractivity contribution in [1.82, 2.24) is 14.4 Å². The van der Waals surface area contributed by atoms with Crippen molar-refractivity contribution in [2.24, 2.45) is 7.05 Å². The number of allylic oxidation sites excluding steroid dienone is 1. The molecule has 0 amide bonds. The average molecular weight is 322 g/mol. The third-order valence-corrected chi connectivity index (χ3v) is 4.87. The van der Waals surface area contributed by atoms with Gasteiger partial charge in [0.1, 0.15) is 11.9 Å². The lowest BCUT2D eigenvalue weighted by Crippen LogP contribution is -2.34. The molecule has 1 atom stereocenters. The molecular weight excluding hydrogens is 284 g/mol. The van der Waals surface area contributed by atoms with Crippen LogP contribution < -0.4 is 4.57 Å². The van der Waals surface area contributed by atoms with E-state index in [0.717, 1.165) is 32.4 Å². The number of aryl methyl sites for hydroxylation is 2. The minimum absolute atomic E-state index is 0.551. The van der Waals surface area contributed by atoms with Gasteiger partial charge >= 0.3 is 0 Å². The normalized spacial score (nSPS) is 17.2. The van der Waals surface area contributed by atoms with Gasteiger partial charge in [-0.2, -0.15) is 0 Å². The Morgan fingerprint density at radius 1 is 1.00 bits per heavy atom. The molecule has 2 rings (SSSR count). The van der Waals surface area contributed by atoms with E-state index in [1.165, 1.54) is 17.2 Å². The van der Waals surface area contributed by atoms with Gasteiger partial charge in [0.2, 0.25) is 0 Å². The molecule has 0 saturated carbocycles. The van der Waals surface area contributed by atoms with Crippen molar-refractivity contribution < 1.29 is 4.57 Å². The van der Waals surface area contributed by atoms with Crippen LogP contribution in [0, 0.1) is 0 Å². The standard InChI is InChI=1S/C10H19N2.C9H18N2/c1-5-9-8-11(4)10(6-2)12(9)7-3;1-5-9-7-10(4)8(3)11(9)6-2/h8H,5-7H2,1-4H3;7-8H,5-6H2,1-4H3/q+1;. The molecule has 2 heterocycles. The second-order valence-corrected chi connectivity index (χ2v) is 6.16. The highest BCUT2D eigenvalue weighted by molar-refractivity contribution is 5.07. The first-order chi connectivity index (χ1) is 10.9. The number of rotatable bonds is 5. The minimum atomic E-state index is 0.551. The first-order valence-corrected chi connectivity index (χ1v) is 9.21. The van der Waals surface area contributed by atoms with E-state index in [2.05, 4.69) is 87.0 Å². The van der Waals surface area contributed by atoms with Crippen LogP contribution in [0.25, 0.3) is 0 Å². The van der Waals surface area contributed by atoms with Crippen molar-refractivity contribution in [3.8, 4) is 0 Å². The van der Waals surface area contributed by atoms with Crippen molar-refractivity contribution in [3.63, 3.8) is 0 Å². The summed E-state index contributed by atoms with van der Waals surface area (Å²) in [7, 11) is 4.26. The monoisotopic (exact) mass is 321 g/mol. The van der Waals surface area contributed by atoms with E-state index in [1.54, 1.807) is 0 Å². The van der Waals surface area contributed by atoms with Gasteiger partial charge in [-0.25, -0.2) is 9.13 Å². The summed E-state index contributed by atoms with van der Waals surface area (Å²) < 4.78 is 4.64. The smallest absolute Gasteiger partial charge is 0.256 e. The molecule has 1 aliphatic rings. The summed E-state index contributed by atoms with van der Waals surface area (Å²) in [6, 6.07) is 0. The lowest BCUT2D eigenvalue weighted by Gasteiger charge is -2.28.